The van der Waals surface area contributed by atoms with Crippen LogP contribution in [-0.2, 0) is 4.74 Å². The first-order valence-electron chi connectivity index (χ1n) is 3.81. The molecule has 0 bridgehead atoms. The molecule has 0 aromatic rings. The van der Waals surface area contributed by atoms with E-state index in [0.717, 1.165) is 18.5 Å². The summed E-state index contributed by atoms with van der Waals surface area (Å²) in [6, 6.07) is 0. The molecule has 0 N–H and O–H groups in total. The van der Waals surface area contributed by atoms with Crippen LogP contribution in [0, 0.1) is 0 Å². The molecule has 0 amide bonds. The summed E-state index contributed by atoms with van der Waals surface area (Å²) in [5.74, 6) is 2.03. The molecule has 1 aliphatic heterocycles. The van der Waals surface area contributed by atoms with Crippen LogP contribution in [-0.4, -0.2) is 30.0 Å². The molecule has 1 saturated heterocycles. The molecule has 3 heteroatoms. The van der Waals surface area contributed by atoms with Crippen LogP contribution in [0.1, 0.15) is 19.8 Å². The van der Waals surface area contributed by atoms with E-state index in [1.165, 1.54) is 19.4 Å². The summed E-state index contributed by atoms with van der Waals surface area (Å²) >= 11 is 1.86. The van der Waals surface area contributed by atoms with E-state index < -0.39 is 0 Å². The predicted octanol–water partition coefficient (Wildman–Crippen LogP) is 1.72. The molecule has 0 spiro atoms. The molecule has 0 atom stereocenters. The summed E-state index contributed by atoms with van der Waals surface area (Å²) in [4.78, 5) is 2.34. The first-order chi connectivity index (χ1) is 4.93. The van der Waals surface area contributed by atoms with Crippen molar-refractivity contribution in [1.29, 1.82) is 0 Å². The summed E-state index contributed by atoms with van der Waals surface area (Å²) in [6.07, 6.45) is 2.57. The Kier molecular flexibility index (Phi) is 4.18. The van der Waals surface area contributed by atoms with Gasteiger partial charge in [-0.15, -0.1) is 11.8 Å². The van der Waals surface area contributed by atoms with Gasteiger partial charge in [-0.25, -0.2) is 0 Å². The Morgan fingerprint density at radius 2 is 2.50 bits per heavy atom. The molecule has 1 aliphatic rings. The molecule has 0 unspecified atom stereocenters. The van der Waals surface area contributed by atoms with Crippen molar-refractivity contribution >= 4 is 11.8 Å². The van der Waals surface area contributed by atoms with E-state index in [1.54, 1.807) is 0 Å². The highest BCUT2D eigenvalue weighted by Crippen LogP contribution is 2.11. The van der Waals surface area contributed by atoms with Crippen LogP contribution in [0.5, 0.6) is 0 Å². The van der Waals surface area contributed by atoms with Crippen LogP contribution < -0.4 is 0 Å². The predicted molar refractivity (Wildman–Crippen MR) is 44.9 cm³/mol. The van der Waals surface area contributed by atoms with Crippen molar-refractivity contribution in [3.8, 4) is 0 Å². The third kappa shape index (κ3) is 2.90. The number of thioether (sulfide) groups is 1. The standard InChI is InChI=1S/C7H15NOS/c1-2-3-4-8-5-9-7-10-6-8/h2-7H2,1H3. The van der Waals surface area contributed by atoms with Crippen LogP contribution >= 0.6 is 11.8 Å². The Morgan fingerprint density at radius 3 is 3.10 bits per heavy atom. The lowest BCUT2D eigenvalue weighted by Crippen LogP contribution is -2.30. The molecule has 0 aliphatic carbocycles. The average Bonchev–Trinajstić information content (AvgIpc) is 2.03. The Labute approximate surface area is 66.9 Å². The summed E-state index contributed by atoms with van der Waals surface area (Å²) in [7, 11) is 0. The first-order valence-corrected chi connectivity index (χ1v) is 4.97. The molecule has 0 aromatic carbocycles. The Hall–Kier alpha value is 0.270. The smallest absolute Gasteiger partial charge is 0.101 e. The van der Waals surface area contributed by atoms with E-state index in [9.17, 15) is 0 Å². The zero-order valence-corrected chi connectivity index (χ0v) is 7.32. The maximum absolute atomic E-state index is 5.27. The second kappa shape index (κ2) is 4.99. The third-order valence-corrected chi connectivity index (χ3v) is 2.42. The van der Waals surface area contributed by atoms with Crippen LogP contribution in [0.3, 0.4) is 0 Å². The number of hydrogen-bond donors (Lipinski definition) is 0. The van der Waals surface area contributed by atoms with Gasteiger partial charge in [-0.1, -0.05) is 13.3 Å². The third-order valence-electron chi connectivity index (χ3n) is 1.54. The molecule has 0 aromatic heterocycles. The Balaban J connectivity index is 2.02. The van der Waals surface area contributed by atoms with Crippen LogP contribution in [0.2, 0.25) is 0 Å². The number of hydrogen-bond acceptors (Lipinski definition) is 3. The number of unbranched alkanes of at least 4 members (excludes halogenated alkanes) is 1. The summed E-state index contributed by atoms with van der Waals surface area (Å²) in [5.41, 5.74) is 0. The van der Waals surface area contributed by atoms with Gasteiger partial charge < -0.3 is 4.74 Å². The van der Waals surface area contributed by atoms with Gasteiger partial charge in [0, 0.05) is 12.4 Å². The fourth-order valence-electron chi connectivity index (χ4n) is 0.940. The minimum Gasteiger partial charge on any atom is -0.355 e. The van der Waals surface area contributed by atoms with Crippen molar-refractivity contribution in [3.05, 3.63) is 0 Å². The number of nitrogens with zero attached hydrogens (tertiary/aromatic N) is 1. The molecular weight excluding hydrogens is 146 g/mol. The second-order valence-electron chi connectivity index (χ2n) is 2.53. The number of ether oxygens (including phenoxy) is 1. The monoisotopic (exact) mass is 161 g/mol. The molecule has 60 valence electrons. The largest absolute Gasteiger partial charge is 0.355 e. The van der Waals surface area contributed by atoms with Gasteiger partial charge in [-0.2, -0.15) is 0 Å². The first kappa shape index (κ1) is 8.37. The van der Waals surface area contributed by atoms with Crippen LogP contribution in [0.15, 0.2) is 0 Å². The van der Waals surface area contributed by atoms with Gasteiger partial charge in [0.2, 0.25) is 0 Å². The second-order valence-corrected chi connectivity index (χ2v) is 3.43. The van der Waals surface area contributed by atoms with Gasteiger partial charge >= 0.3 is 0 Å². The van der Waals surface area contributed by atoms with E-state index in [1.807, 2.05) is 11.8 Å². The van der Waals surface area contributed by atoms with Gasteiger partial charge in [0.15, 0.2) is 0 Å². The highest BCUT2D eigenvalue weighted by atomic mass is 32.2. The van der Waals surface area contributed by atoms with Crippen LogP contribution in [0.25, 0.3) is 0 Å². The maximum atomic E-state index is 5.27. The van der Waals surface area contributed by atoms with E-state index in [0.29, 0.717) is 0 Å². The van der Waals surface area contributed by atoms with Crippen LogP contribution in [0.4, 0.5) is 0 Å². The lowest BCUT2D eigenvalue weighted by Gasteiger charge is -2.25. The van der Waals surface area contributed by atoms with E-state index in [-0.39, 0.29) is 0 Å². The molecule has 2 nitrogen and oxygen atoms in total. The van der Waals surface area contributed by atoms with E-state index in [4.69, 9.17) is 4.74 Å². The van der Waals surface area contributed by atoms with Gasteiger partial charge in [-0.3, -0.25) is 4.90 Å². The highest BCUT2D eigenvalue weighted by molar-refractivity contribution is 7.99. The Bertz CT molecular complexity index is 83.7. The molecular formula is C7H15NOS. The zero-order chi connectivity index (χ0) is 7.23. The minimum absolute atomic E-state index is 0.840. The van der Waals surface area contributed by atoms with Gasteiger partial charge in [0.05, 0.1) is 5.94 Å². The summed E-state index contributed by atoms with van der Waals surface area (Å²) in [5, 5.41) is 0. The molecule has 0 saturated carbocycles. The zero-order valence-electron chi connectivity index (χ0n) is 6.51. The van der Waals surface area contributed by atoms with E-state index >= 15 is 0 Å². The Morgan fingerprint density at radius 1 is 1.60 bits per heavy atom. The highest BCUT2D eigenvalue weighted by Gasteiger charge is 2.08. The molecule has 1 fully saturated rings. The lowest BCUT2D eigenvalue weighted by atomic mass is 10.3. The SMILES string of the molecule is CCCCN1COCSC1. The molecule has 0 radical (unpaired) electrons. The maximum Gasteiger partial charge on any atom is 0.101 e. The van der Waals surface area contributed by atoms with Crippen molar-refractivity contribution < 1.29 is 4.74 Å². The summed E-state index contributed by atoms with van der Waals surface area (Å²) in [6.45, 7) is 4.26. The molecule has 1 rings (SSSR count). The lowest BCUT2D eigenvalue weighted by molar-refractivity contribution is 0.0550. The van der Waals surface area contributed by atoms with Crippen molar-refractivity contribution in [2.75, 3.05) is 25.1 Å². The van der Waals surface area contributed by atoms with Gasteiger partial charge in [0.1, 0.15) is 6.73 Å². The van der Waals surface area contributed by atoms with Gasteiger partial charge in [-0.05, 0) is 6.42 Å². The van der Waals surface area contributed by atoms with Crippen molar-refractivity contribution in [2.45, 2.75) is 19.8 Å². The normalized spacial score (nSPS) is 21.3. The molecule has 10 heavy (non-hydrogen) atoms. The average molecular weight is 161 g/mol. The van der Waals surface area contributed by atoms with Gasteiger partial charge in [0.25, 0.3) is 0 Å². The topological polar surface area (TPSA) is 12.5 Å². The van der Waals surface area contributed by atoms with E-state index in [2.05, 4.69) is 11.8 Å². The fourth-order valence-corrected chi connectivity index (χ4v) is 1.67. The van der Waals surface area contributed by atoms with Crippen molar-refractivity contribution in [3.63, 3.8) is 0 Å². The quantitative estimate of drug-likeness (QED) is 0.625. The minimum atomic E-state index is 0.840. The fraction of sp³-hybridized carbons (Fsp3) is 1.00. The molecule has 1 heterocycles. The number of rotatable bonds is 3. The van der Waals surface area contributed by atoms with Crippen molar-refractivity contribution in [2.24, 2.45) is 0 Å². The van der Waals surface area contributed by atoms with Crippen molar-refractivity contribution in [1.82, 2.24) is 4.90 Å². The summed E-state index contributed by atoms with van der Waals surface area (Å²) < 4.78 is 5.27.